The largest absolute Gasteiger partial charge is 0.350 e. The van der Waals surface area contributed by atoms with Crippen LogP contribution < -0.4 is 0 Å². The Bertz CT molecular complexity index is 1010. The minimum absolute atomic E-state index is 0.436. The maximum absolute atomic E-state index is 12.2. The molecule has 3 rings (SSSR count). The fourth-order valence-electron chi connectivity index (χ4n) is 3.06. The Morgan fingerprint density at radius 3 is 2.38 bits per heavy atom. The third-order valence-corrected chi connectivity index (χ3v) is 6.53. The molecule has 0 aliphatic heterocycles. The number of rotatable bonds is 6. The Morgan fingerprint density at radius 1 is 1.04 bits per heavy atom. The minimum Gasteiger partial charge on any atom is -0.350 e. The van der Waals surface area contributed by atoms with Gasteiger partial charge in [0.25, 0.3) is 10.2 Å². The maximum atomic E-state index is 12.2. The molecule has 0 aliphatic rings. The van der Waals surface area contributed by atoms with E-state index in [0.717, 1.165) is 27.6 Å². The van der Waals surface area contributed by atoms with Crippen molar-refractivity contribution in [3.05, 3.63) is 54.5 Å². The van der Waals surface area contributed by atoms with Gasteiger partial charge in [0.1, 0.15) is 0 Å². The highest BCUT2D eigenvalue weighted by molar-refractivity contribution is 7.86. The monoisotopic (exact) mass is 372 g/mol. The molecule has 3 aromatic rings. The molecule has 26 heavy (non-hydrogen) atoms. The summed E-state index contributed by atoms with van der Waals surface area (Å²) in [6, 6.07) is 10.4. The van der Waals surface area contributed by atoms with Crippen molar-refractivity contribution in [3.8, 4) is 11.1 Å². The second kappa shape index (κ2) is 7.19. The quantitative estimate of drug-likeness (QED) is 0.668. The second-order valence-electron chi connectivity index (χ2n) is 6.59. The van der Waals surface area contributed by atoms with E-state index >= 15 is 0 Å². The van der Waals surface area contributed by atoms with Crippen LogP contribution in [0.25, 0.3) is 22.0 Å². The van der Waals surface area contributed by atoms with Gasteiger partial charge in [0.2, 0.25) is 0 Å². The average Bonchev–Trinajstić information content (AvgIpc) is 2.95. The second-order valence-corrected chi connectivity index (χ2v) is 8.84. The number of aryl methyl sites for hydroxylation is 1. The fraction of sp³-hybridized carbons (Fsp3) is 0.316. The molecular formula is C19H24N4O2S. The highest BCUT2D eigenvalue weighted by Gasteiger charge is 2.20. The van der Waals surface area contributed by atoms with Crippen LogP contribution in [-0.4, -0.2) is 54.3 Å². The van der Waals surface area contributed by atoms with Crippen molar-refractivity contribution in [3.63, 3.8) is 0 Å². The van der Waals surface area contributed by atoms with Gasteiger partial charge in [-0.25, -0.2) is 0 Å². The maximum Gasteiger partial charge on any atom is 0.281 e. The molecule has 0 spiro atoms. The Morgan fingerprint density at radius 2 is 1.73 bits per heavy atom. The lowest BCUT2D eigenvalue weighted by molar-refractivity contribution is 0.420. The highest BCUT2D eigenvalue weighted by Crippen LogP contribution is 2.27. The van der Waals surface area contributed by atoms with Crippen LogP contribution in [0.3, 0.4) is 0 Å². The normalized spacial score (nSPS) is 12.4. The number of aromatic nitrogens is 2. The number of hydrogen-bond donors (Lipinski definition) is 0. The van der Waals surface area contributed by atoms with Crippen molar-refractivity contribution in [1.82, 2.24) is 18.2 Å². The zero-order valence-corrected chi connectivity index (χ0v) is 16.4. The molecular weight excluding hydrogens is 348 g/mol. The minimum atomic E-state index is -3.38. The molecule has 0 bridgehead atoms. The van der Waals surface area contributed by atoms with E-state index in [1.54, 1.807) is 33.5 Å². The molecule has 138 valence electrons. The van der Waals surface area contributed by atoms with Gasteiger partial charge >= 0.3 is 0 Å². The van der Waals surface area contributed by atoms with Crippen LogP contribution in [0.5, 0.6) is 0 Å². The van der Waals surface area contributed by atoms with Crippen LogP contribution in [0.4, 0.5) is 0 Å². The molecule has 0 N–H and O–H groups in total. The number of likely N-dealkylation sites (N-methyl/N-ethyl adjacent to an activating group) is 1. The Labute approximate surface area is 154 Å². The highest BCUT2D eigenvalue weighted by atomic mass is 32.2. The number of fused-ring (bicyclic) bond motifs is 1. The molecule has 2 aromatic heterocycles. The summed E-state index contributed by atoms with van der Waals surface area (Å²) in [7, 11) is 3.34. The number of benzene rings is 1. The third kappa shape index (κ3) is 3.51. The van der Waals surface area contributed by atoms with Gasteiger partial charge in [0.15, 0.2) is 0 Å². The first kappa shape index (κ1) is 18.6. The van der Waals surface area contributed by atoms with Crippen LogP contribution in [0.2, 0.25) is 0 Å². The van der Waals surface area contributed by atoms with Crippen molar-refractivity contribution in [1.29, 1.82) is 0 Å². The van der Waals surface area contributed by atoms with Gasteiger partial charge in [-0.2, -0.15) is 17.0 Å². The lowest BCUT2D eigenvalue weighted by atomic mass is 10.0. The first-order valence-electron chi connectivity index (χ1n) is 8.43. The fourth-order valence-corrected chi connectivity index (χ4v) is 3.94. The van der Waals surface area contributed by atoms with Crippen molar-refractivity contribution < 1.29 is 8.42 Å². The van der Waals surface area contributed by atoms with Crippen LogP contribution in [0, 0.1) is 0 Å². The summed E-state index contributed by atoms with van der Waals surface area (Å²) in [5, 5.41) is 1.15. The van der Waals surface area contributed by atoms with Gasteiger partial charge in [0.05, 0.1) is 0 Å². The van der Waals surface area contributed by atoms with E-state index in [4.69, 9.17) is 0 Å². The standard InChI is InChI=1S/C19H24N4O2S/c1-21(2)26(24,25)23(4)12-9-17-14-22(3)19-13-16(5-6-18(17)19)15-7-10-20-11-8-15/h5-8,10-11,13-14H,9,12H2,1-4H3. The third-order valence-electron chi connectivity index (χ3n) is 4.64. The van der Waals surface area contributed by atoms with Crippen LogP contribution >= 0.6 is 0 Å². The molecule has 7 heteroatoms. The molecule has 0 aliphatic carbocycles. The molecule has 0 saturated heterocycles. The van der Waals surface area contributed by atoms with Crippen LogP contribution in [-0.2, 0) is 23.7 Å². The van der Waals surface area contributed by atoms with E-state index in [0.29, 0.717) is 13.0 Å². The van der Waals surface area contributed by atoms with E-state index in [-0.39, 0.29) is 0 Å². The smallest absolute Gasteiger partial charge is 0.281 e. The van der Waals surface area contributed by atoms with E-state index in [9.17, 15) is 8.42 Å². The lowest BCUT2D eigenvalue weighted by Crippen LogP contribution is -2.38. The molecule has 0 fully saturated rings. The zero-order chi connectivity index (χ0) is 18.9. The number of pyridine rings is 1. The summed E-state index contributed by atoms with van der Waals surface area (Å²) < 4.78 is 29.0. The van der Waals surface area contributed by atoms with Crippen molar-refractivity contribution in [2.24, 2.45) is 7.05 Å². The van der Waals surface area contributed by atoms with Gasteiger partial charge < -0.3 is 4.57 Å². The molecule has 2 heterocycles. The lowest BCUT2D eigenvalue weighted by Gasteiger charge is -2.21. The van der Waals surface area contributed by atoms with Crippen molar-refractivity contribution in [2.75, 3.05) is 27.7 Å². The van der Waals surface area contributed by atoms with Gasteiger partial charge in [-0.15, -0.1) is 0 Å². The SMILES string of the molecule is CN(C)S(=O)(=O)N(C)CCc1cn(C)c2cc(-c3ccncc3)ccc12. The molecule has 0 saturated carbocycles. The summed E-state index contributed by atoms with van der Waals surface area (Å²) in [5.74, 6) is 0. The molecule has 6 nitrogen and oxygen atoms in total. The summed E-state index contributed by atoms with van der Waals surface area (Å²) in [5.41, 5.74) is 4.54. The van der Waals surface area contributed by atoms with Crippen molar-refractivity contribution in [2.45, 2.75) is 6.42 Å². The predicted molar refractivity (Wildman–Crippen MR) is 105 cm³/mol. The average molecular weight is 372 g/mol. The molecule has 0 amide bonds. The van der Waals surface area contributed by atoms with E-state index in [1.807, 2.05) is 19.2 Å². The Hall–Kier alpha value is -2.22. The van der Waals surface area contributed by atoms with Gasteiger partial charge in [0, 0.05) is 64.2 Å². The van der Waals surface area contributed by atoms with Gasteiger partial charge in [-0.1, -0.05) is 12.1 Å². The molecule has 0 unspecified atom stereocenters. The predicted octanol–water partition coefficient (Wildman–Crippen LogP) is 2.52. The Balaban J connectivity index is 1.87. The molecule has 1 aromatic carbocycles. The molecule has 0 radical (unpaired) electrons. The van der Waals surface area contributed by atoms with Crippen molar-refractivity contribution >= 4 is 21.1 Å². The van der Waals surface area contributed by atoms with Crippen LogP contribution in [0.15, 0.2) is 48.9 Å². The van der Waals surface area contributed by atoms with E-state index in [1.165, 1.54) is 8.61 Å². The van der Waals surface area contributed by atoms with Gasteiger partial charge in [-0.3, -0.25) is 4.98 Å². The number of hydrogen-bond acceptors (Lipinski definition) is 3. The number of nitrogens with zero attached hydrogens (tertiary/aromatic N) is 4. The van der Waals surface area contributed by atoms with E-state index < -0.39 is 10.2 Å². The van der Waals surface area contributed by atoms with E-state index in [2.05, 4.69) is 33.9 Å². The topological polar surface area (TPSA) is 58.4 Å². The summed E-state index contributed by atoms with van der Waals surface area (Å²) in [6.45, 7) is 0.436. The summed E-state index contributed by atoms with van der Waals surface area (Å²) in [4.78, 5) is 4.07. The zero-order valence-electron chi connectivity index (χ0n) is 15.5. The first-order valence-corrected chi connectivity index (χ1v) is 9.82. The summed E-state index contributed by atoms with van der Waals surface area (Å²) in [6.07, 6.45) is 6.32. The molecule has 0 atom stereocenters. The first-order chi connectivity index (χ1) is 12.3. The summed E-state index contributed by atoms with van der Waals surface area (Å²) >= 11 is 0. The van der Waals surface area contributed by atoms with Crippen LogP contribution in [0.1, 0.15) is 5.56 Å². The van der Waals surface area contributed by atoms with Gasteiger partial charge in [-0.05, 0) is 41.3 Å². The Kier molecular flexibility index (Phi) is 5.13.